The van der Waals surface area contributed by atoms with Gasteiger partial charge in [-0.15, -0.1) is 0 Å². The predicted molar refractivity (Wildman–Crippen MR) is 54.4 cm³/mol. The third kappa shape index (κ3) is 3.27. The Hall–Kier alpha value is -1.20. The number of rotatable bonds is 5. The van der Waals surface area contributed by atoms with Crippen LogP contribution in [-0.4, -0.2) is 27.7 Å². The van der Waals surface area contributed by atoms with E-state index in [9.17, 15) is 0 Å². The van der Waals surface area contributed by atoms with Crippen molar-refractivity contribution in [3.63, 3.8) is 0 Å². The van der Waals surface area contributed by atoms with Crippen LogP contribution in [0.5, 0.6) is 0 Å². The van der Waals surface area contributed by atoms with E-state index in [1.54, 1.807) is 12.4 Å². The Labute approximate surface area is 83.4 Å². The van der Waals surface area contributed by atoms with E-state index in [2.05, 4.69) is 15.3 Å². The summed E-state index contributed by atoms with van der Waals surface area (Å²) in [4.78, 5) is 7.75. The molecule has 0 saturated carbocycles. The Kier molecular flexibility index (Phi) is 4.28. The molecular formula is C9H16N4O. The van der Waals surface area contributed by atoms with Crippen LogP contribution >= 0.6 is 0 Å². The Morgan fingerprint density at radius 2 is 2.14 bits per heavy atom. The quantitative estimate of drug-likeness (QED) is 0.613. The summed E-state index contributed by atoms with van der Waals surface area (Å²) in [5.41, 5.74) is 6.32. The van der Waals surface area contributed by atoms with Crippen LogP contribution in [0.2, 0.25) is 0 Å². The van der Waals surface area contributed by atoms with Crippen molar-refractivity contribution in [3.05, 3.63) is 18.0 Å². The van der Waals surface area contributed by atoms with Crippen LogP contribution in [0.3, 0.4) is 0 Å². The zero-order chi connectivity index (χ0) is 10.4. The average molecular weight is 196 g/mol. The molecule has 0 aliphatic rings. The minimum Gasteiger partial charge on any atom is -0.395 e. The second-order valence-corrected chi connectivity index (χ2v) is 3.12. The van der Waals surface area contributed by atoms with Crippen LogP contribution < -0.4 is 11.1 Å². The highest BCUT2D eigenvalue weighted by Gasteiger charge is 2.03. The van der Waals surface area contributed by atoms with Crippen molar-refractivity contribution < 1.29 is 5.11 Å². The van der Waals surface area contributed by atoms with Crippen molar-refractivity contribution >= 4 is 5.95 Å². The maximum atomic E-state index is 8.93. The van der Waals surface area contributed by atoms with E-state index in [1.165, 1.54) is 0 Å². The van der Waals surface area contributed by atoms with Crippen molar-refractivity contribution in [2.24, 2.45) is 0 Å². The fourth-order valence-electron chi connectivity index (χ4n) is 1.06. The molecule has 1 atom stereocenters. The summed E-state index contributed by atoms with van der Waals surface area (Å²) in [5.74, 6) is 0.281. The summed E-state index contributed by atoms with van der Waals surface area (Å²) >= 11 is 0. The van der Waals surface area contributed by atoms with E-state index in [0.29, 0.717) is 6.54 Å². The zero-order valence-corrected chi connectivity index (χ0v) is 8.27. The molecule has 0 bridgehead atoms. The summed E-state index contributed by atoms with van der Waals surface area (Å²) in [7, 11) is 0. The number of anilines is 1. The summed E-state index contributed by atoms with van der Waals surface area (Å²) in [5, 5.41) is 12.1. The van der Waals surface area contributed by atoms with Gasteiger partial charge in [-0.3, -0.25) is 0 Å². The lowest BCUT2D eigenvalue weighted by molar-refractivity contribution is 0.238. The number of hydrogen-bond donors (Lipinski definition) is 3. The molecule has 0 aromatic carbocycles. The van der Waals surface area contributed by atoms with Gasteiger partial charge in [-0.2, -0.15) is 0 Å². The number of nitrogens with two attached hydrogens (primary N) is 1. The van der Waals surface area contributed by atoms with Gasteiger partial charge in [-0.25, -0.2) is 9.97 Å². The van der Waals surface area contributed by atoms with E-state index in [4.69, 9.17) is 10.8 Å². The molecule has 4 N–H and O–H groups in total. The Balaban J connectivity index is 2.41. The van der Waals surface area contributed by atoms with E-state index >= 15 is 0 Å². The monoisotopic (exact) mass is 196 g/mol. The summed E-state index contributed by atoms with van der Waals surface area (Å²) in [6.45, 7) is 2.82. The molecule has 0 amide bonds. The van der Waals surface area contributed by atoms with Crippen molar-refractivity contribution in [1.29, 1.82) is 0 Å². The van der Waals surface area contributed by atoms with Crippen LogP contribution in [0.15, 0.2) is 12.4 Å². The second kappa shape index (κ2) is 5.51. The van der Waals surface area contributed by atoms with Crippen molar-refractivity contribution in [1.82, 2.24) is 15.3 Å². The first-order valence-electron chi connectivity index (χ1n) is 4.67. The van der Waals surface area contributed by atoms with Gasteiger partial charge >= 0.3 is 0 Å². The molecule has 0 aliphatic heterocycles. The molecule has 0 spiro atoms. The first kappa shape index (κ1) is 10.9. The number of aliphatic hydroxyl groups is 1. The van der Waals surface area contributed by atoms with E-state index in [0.717, 1.165) is 12.0 Å². The Morgan fingerprint density at radius 1 is 1.50 bits per heavy atom. The third-order valence-corrected chi connectivity index (χ3v) is 2.03. The molecule has 0 saturated heterocycles. The molecular weight excluding hydrogens is 180 g/mol. The molecule has 1 rings (SSSR count). The number of aliphatic hydroxyl groups excluding tert-OH is 1. The summed E-state index contributed by atoms with van der Waals surface area (Å²) < 4.78 is 0. The number of nitrogens with zero attached hydrogens (tertiary/aromatic N) is 2. The van der Waals surface area contributed by atoms with Gasteiger partial charge in [0.1, 0.15) is 0 Å². The molecule has 5 nitrogen and oxygen atoms in total. The molecule has 1 heterocycles. The highest BCUT2D eigenvalue weighted by molar-refractivity contribution is 5.16. The Morgan fingerprint density at radius 3 is 2.64 bits per heavy atom. The molecule has 0 aliphatic carbocycles. The van der Waals surface area contributed by atoms with Gasteiger partial charge in [0.15, 0.2) is 0 Å². The lowest BCUT2D eigenvalue weighted by Gasteiger charge is -2.13. The topological polar surface area (TPSA) is 84.1 Å². The minimum atomic E-state index is 0.132. The molecule has 0 unspecified atom stereocenters. The standard InChI is InChI=1S/C9H16N4O/c1-2-8(6-14)11-3-7-4-12-9(10)13-5-7/h4-5,8,11,14H,2-3,6H2,1H3,(H2,10,12,13)/t8-/m1/s1. The molecule has 1 aromatic heterocycles. The molecule has 0 fully saturated rings. The van der Waals surface area contributed by atoms with Crippen LogP contribution in [0.1, 0.15) is 18.9 Å². The highest BCUT2D eigenvalue weighted by atomic mass is 16.3. The summed E-state index contributed by atoms with van der Waals surface area (Å²) in [6, 6.07) is 0.132. The number of hydrogen-bond acceptors (Lipinski definition) is 5. The largest absolute Gasteiger partial charge is 0.395 e. The lowest BCUT2D eigenvalue weighted by atomic mass is 10.2. The number of aromatic nitrogens is 2. The maximum absolute atomic E-state index is 8.93. The summed E-state index contributed by atoms with van der Waals surface area (Å²) in [6.07, 6.45) is 4.26. The smallest absolute Gasteiger partial charge is 0.219 e. The van der Waals surface area contributed by atoms with Crippen molar-refractivity contribution in [3.8, 4) is 0 Å². The maximum Gasteiger partial charge on any atom is 0.219 e. The van der Waals surface area contributed by atoms with Crippen LogP contribution in [0, 0.1) is 0 Å². The van der Waals surface area contributed by atoms with Gasteiger partial charge in [-0.05, 0) is 6.42 Å². The third-order valence-electron chi connectivity index (χ3n) is 2.03. The van der Waals surface area contributed by atoms with Crippen molar-refractivity contribution in [2.45, 2.75) is 25.9 Å². The number of nitrogens with one attached hydrogen (secondary N) is 1. The highest BCUT2D eigenvalue weighted by Crippen LogP contribution is 1.98. The van der Waals surface area contributed by atoms with E-state index in [1.807, 2.05) is 6.92 Å². The van der Waals surface area contributed by atoms with Gasteiger partial charge in [0, 0.05) is 30.5 Å². The van der Waals surface area contributed by atoms with Crippen LogP contribution in [0.25, 0.3) is 0 Å². The minimum absolute atomic E-state index is 0.132. The fraction of sp³-hybridized carbons (Fsp3) is 0.556. The van der Waals surface area contributed by atoms with Crippen LogP contribution in [-0.2, 0) is 6.54 Å². The fourth-order valence-corrected chi connectivity index (χ4v) is 1.06. The van der Waals surface area contributed by atoms with Gasteiger partial charge in [0.2, 0.25) is 5.95 Å². The van der Waals surface area contributed by atoms with Gasteiger partial charge < -0.3 is 16.2 Å². The second-order valence-electron chi connectivity index (χ2n) is 3.12. The van der Waals surface area contributed by atoms with Gasteiger partial charge in [0.25, 0.3) is 0 Å². The SMILES string of the molecule is CC[C@H](CO)NCc1cnc(N)nc1. The Bertz CT molecular complexity index is 258. The molecule has 78 valence electrons. The number of nitrogen functional groups attached to an aromatic ring is 1. The lowest BCUT2D eigenvalue weighted by Crippen LogP contribution is -2.31. The molecule has 14 heavy (non-hydrogen) atoms. The van der Waals surface area contributed by atoms with Crippen molar-refractivity contribution in [2.75, 3.05) is 12.3 Å². The van der Waals surface area contributed by atoms with Gasteiger partial charge in [-0.1, -0.05) is 6.92 Å². The molecule has 1 aromatic rings. The first-order chi connectivity index (χ1) is 6.76. The average Bonchev–Trinajstić information content (AvgIpc) is 2.22. The normalized spacial score (nSPS) is 12.7. The first-order valence-corrected chi connectivity index (χ1v) is 4.67. The van der Waals surface area contributed by atoms with Gasteiger partial charge in [0.05, 0.1) is 6.61 Å². The molecule has 5 heteroatoms. The van der Waals surface area contributed by atoms with E-state index in [-0.39, 0.29) is 18.6 Å². The van der Waals surface area contributed by atoms with Crippen LogP contribution in [0.4, 0.5) is 5.95 Å². The zero-order valence-electron chi connectivity index (χ0n) is 8.27. The predicted octanol–water partition coefficient (Wildman–Crippen LogP) is -0.0807. The molecule has 0 radical (unpaired) electrons. The van der Waals surface area contributed by atoms with E-state index < -0.39 is 0 Å².